The highest BCUT2D eigenvalue weighted by molar-refractivity contribution is 9.09. The van der Waals surface area contributed by atoms with Crippen molar-refractivity contribution in [2.24, 2.45) is 0 Å². The van der Waals surface area contributed by atoms with Crippen molar-refractivity contribution < 1.29 is 9.90 Å². The number of allylic oxidation sites excluding steroid dienone is 2. The van der Waals surface area contributed by atoms with Gasteiger partial charge in [-0.3, -0.25) is 0 Å². The van der Waals surface area contributed by atoms with Crippen LogP contribution in [-0.4, -0.2) is 15.9 Å². The summed E-state index contributed by atoms with van der Waals surface area (Å²) in [4.78, 5) is 10.6. The molecule has 0 aliphatic heterocycles. The van der Waals surface area contributed by atoms with Gasteiger partial charge in [-0.1, -0.05) is 34.2 Å². The summed E-state index contributed by atoms with van der Waals surface area (Å²) in [6.07, 6.45) is 5.93. The Kier molecular flexibility index (Phi) is 2.27. The van der Waals surface area contributed by atoms with Crippen LogP contribution >= 0.6 is 15.9 Å². The van der Waals surface area contributed by atoms with E-state index in [1.54, 1.807) is 12.2 Å². The Hall–Kier alpha value is -0.570. The van der Waals surface area contributed by atoms with E-state index in [1.165, 1.54) is 0 Å². The number of alkyl halides is 1. The fourth-order valence-corrected chi connectivity index (χ4v) is 1.09. The van der Waals surface area contributed by atoms with Crippen molar-refractivity contribution in [3.63, 3.8) is 0 Å². The molecule has 0 saturated heterocycles. The molecule has 1 aliphatic rings. The van der Waals surface area contributed by atoms with E-state index in [9.17, 15) is 4.79 Å². The zero-order chi connectivity index (χ0) is 7.56. The number of carboxylic acids is 1. The van der Waals surface area contributed by atoms with Gasteiger partial charge in [0.05, 0.1) is 5.57 Å². The molecule has 0 aromatic rings. The maximum Gasteiger partial charge on any atom is 0.335 e. The van der Waals surface area contributed by atoms with E-state index in [0.717, 1.165) is 6.42 Å². The fourth-order valence-electron chi connectivity index (χ4n) is 0.753. The first-order valence-electron chi connectivity index (χ1n) is 2.96. The molecule has 1 unspecified atom stereocenters. The lowest BCUT2D eigenvalue weighted by molar-refractivity contribution is -0.132. The first kappa shape index (κ1) is 7.54. The second kappa shape index (κ2) is 3.01. The lowest BCUT2D eigenvalue weighted by Gasteiger charge is -2.05. The first-order chi connectivity index (χ1) is 4.70. The summed E-state index contributed by atoms with van der Waals surface area (Å²) in [6.45, 7) is 0. The van der Waals surface area contributed by atoms with Crippen molar-refractivity contribution in [3.05, 3.63) is 23.8 Å². The van der Waals surface area contributed by atoms with Gasteiger partial charge < -0.3 is 5.11 Å². The number of hydrogen-bond acceptors (Lipinski definition) is 1. The molecule has 1 aliphatic carbocycles. The van der Waals surface area contributed by atoms with E-state index in [0.29, 0.717) is 10.4 Å². The Labute approximate surface area is 67.4 Å². The molecule has 54 valence electrons. The van der Waals surface area contributed by atoms with Crippen LogP contribution in [0.1, 0.15) is 6.42 Å². The molecule has 0 aromatic carbocycles. The van der Waals surface area contributed by atoms with E-state index in [-0.39, 0.29) is 0 Å². The zero-order valence-corrected chi connectivity index (χ0v) is 6.84. The Bertz CT molecular complexity index is 206. The number of aliphatic carboxylic acids is 1. The molecule has 0 fully saturated rings. The molecule has 0 saturated carbocycles. The highest BCUT2D eigenvalue weighted by Crippen LogP contribution is 2.16. The topological polar surface area (TPSA) is 37.3 Å². The normalized spacial score (nSPS) is 24.1. The quantitative estimate of drug-likeness (QED) is 0.658. The van der Waals surface area contributed by atoms with Crippen molar-refractivity contribution in [2.45, 2.75) is 11.2 Å². The van der Waals surface area contributed by atoms with Crippen LogP contribution in [0.25, 0.3) is 0 Å². The number of carbonyl (C=O) groups is 1. The SMILES string of the molecule is O=C(O)C1=CCC(Br)C=C1. The average Bonchev–Trinajstić information content (AvgIpc) is 1.88. The highest BCUT2D eigenvalue weighted by Gasteiger charge is 2.08. The van der Waals surface area contributed by atoms with Crippen molar-refractivity contribution in [3.8, 4) is 0 Å². The minimum atomic E-state index is -0.851. The average molecular weight is 203 g/mol. The molecule has 3 heteroatoms. The third kappa shape index (κ3) is 1.70. The lowest BCUT2D eigenvalue weighted by atomic mass is 10.1. The van der Waals surface area contributed by atoms with Gasteiger partial charge in [-0.25, -0.2) is 4.79 Å². The second-order valence-electron chi connectivity index (χ2n) is 2.08. The van der Waals surface area contributed by atoms with Gasteiger partial charge in [-0.05, 0) is 6.42 Å². The molecule has 0 heterocycles. The Morgan fingerprint density at radius 2 is 2.50 bits per heavy atom. The van der Waals surface area contributed by atoms with E-state index in [2.05, 4.69) is 15.9 Å². The molecule has 0 amide bonds. The van der Waals surface area contributed by atoms with Gasteiger partial charge in [0, 0.05) is 4.83 Å². The Morgan fingerprint density at radius 3 is 2.90 bits per heavy atom. The molecule has 1 N–H and O–H groups in total. The van der Waals surface area contributed by atoms with Crippen LogP contribution in [0.4, 0.5) is 0 Å². The van der Waals surface area contributed by atoms with Gasteiger partial charge >= 0.3 is 5.97 Å². The monoisotopic (exact) mass is 202 g/mol. The lowest BCUT2D eigenvalue weighted by Crippen LogP contribution is -2.04. The van der Waals surface area contributed by atoms with Crippen molar-refractivity contribution in [2.75, 3.05) is 0 Å². The van der Waals surface area contributed by atoms with Crippen LogP contribution in [0.2, 0.25) is 0 Å². The molecule has 0 bridgehead atoms. The highest BCUT2D eigenvalue weighted by atomic mass is 79.9. The maximum atomic E-state index is 10.3. The zero-order valence-electron chi connectivity index (χ0n) is 5.25. The molecular weight excluding hydrogens is 196 g/mol. The number of hydrogen-bond donors (Lipinski definition) is 1. The molecule has 0 aromatic heterocycles. The van der Waals surface area contributed by atoms with Crippen LogP contribution in [0.5, 0.6) is 0 Å². The van der Waals surface area contributed by atoms with E-state index in [4.69, 9.17) is 5.11 Å². The fraction of sp³-hybridized carbons (Fsp3) is 0.286. The Morgan fingerprint density at radius 1 is 1.80 bits per heavy atom. The van der Waals surface area contributed by atoms with Crippen molar-refractivity contribution in [1.82, 2.24) is 0 Å². The summed E-state index contributed by atoms with van der Waals surface area (Å²) in [7, 11) is 0. The molecular formula is C7H7BrO2. The molecule has 1 rings (SSSR count). The van der Waals surface area contributed by atoms with E-state index < -0.39 is 5.97 Å². The first-order valence-corrected chi connectivity index (χ1v) is 3.87. The molecule has 0 radical (unpaired) electrons. The third-order valence-corrected chi connectivity index (χ3v) is 1.97. The predicted octanol–water partition coefficient (Wildman–Crippen LogP) is 1.72. The van der Waals surface area contributed by atoms with Crippen LogP contribution in [-0.2, 0) is 4.79 Å². The van der Waals surface area contributed by atoms with Crippen molar-refractivity contribution in [1.29, 1.82) is 0 Å². The van der Waals surface area contributed by atoms with Gasteiger partial charge in [-0.15, -0.1) is 0 Å². The Balaban J connectivity index is 2.67. The maximum absolute atomic E-state index is 10.3. The standard InChI is InChI=1S/C7H7BrO2/c8-6-3-1-5(2-4-6)7(9)10/h1-3,6H,4H2,(H,9,10). The predicted molar refractivity (Wildman–Crippen MR) is 42.2 cm³/mol. The van der Waals surface area contributed by atoms with Crippen LogP contribution in [0.15, 0.2) is 23.8 Å². The summed E-state index contributed by atoms with van der Waals surface area (Å²) in [5.74, 6) is -0.851. The molecule has 1 atom stereocenters. The van der Waals surface area contributed by atoms with Gasteiger partial charge in [0.25, 0.3) is 0 Å². The van der Waals surface area contributed by atoms with Gasteiger partial charge in [-0.2, -0.15) is 0 Å². The summed E-state index contributed by atoms with van der Waals surface area (Å²) in [6, 6.07) is 0. The molecule has 10 heavy (non-hydrogen) atoms. The third-order valence-electron chi connectivity index (χ3n) is 1.29. The summed E-state index contributed by atoms with van der Waals surface area (Å²) >= 11 is 3.34. The summed E-state index contributed by atoms with van der Waals surface area (Å²) in [5, 5.41) is 8.49. The number of carboxylic acid groups (broad SMARTS) is 1. The smallest absolute Gasteiger partial charge is 0.335 e. The van der Waals surface area contributed by atoms with Crippen LogP contribution in [0, 0.1) is 0 Å². The molecule has 0 spiro atoms. The van der Waals surface area contributed by atoms with E-state index >= 15 is 0 Å². The van der Waals surface area contributed by atoms with Crippen molar-refractivity contribution >= 4 is 21.9 Å². The molecule has 2 nitrogen and oxygen atoms in total. The summed E-state index contributed by atoms with van der Waals surface area (Å²) < 4.78 is 0. The summed E-state index contributed by atoms with van der Waals surface area (Å²) in [5.41, 5.74) is 0.385. The minimum absolute atomic E-state index is 0.301. The number of halogens is 1. The largest absolute Gasteiger partial charge is 0.478 e. The van der Waals surface area contributed by atoms with Gasteiger partial charge in [0.1, 0.15) is 0 Å². The minimum Gasteiger partial charge on any atom is -0.478 e. The van der Waals surface area contributed by atoms with E-state index in [1.807, 2.05) is 6.08 Å². The van der Waals surface area contributed by atoms with Gasteiger partial charge in [0.2, 0.25) is 0 Å². The second-order valence-corrected chi connectivity index (χ2v) is 3.25. The van der Waals surface area contributed by atoms with Gasteiger partial charge in [0.15, 0.2) is 0 Å². The van der Waals surface area contributed by atoms with Crippen LogP contribution in [0.3, 0.4) is 0 Å². The van der Waals surface area contributed by atoms with Crippen LogP contribution < -0.4 is 0 Å². The number of rotatable bonds is 1.